The molecule has 0 amide bonds. The summed E-state index contributed by atoms with van der Waals surface area (Å²) < 4.78 is 60.0. The van der Waals surface area contributed by atoms with Gasteiger partial charge in [-0.1, -0.05) is 12.1 Å². The fourth-order valence-electron chi connectivity index (χ4n) is 1.72. The molecule has 22 heavy (non-hydrogen) atoms. The van der Waals surface area contributed by atoms with Crippen LogP contribution in [-0.2, 0) is 22.6 Å². The summed E-state index contributed by atoms with van der Waals surface area (Å²) in [6.45, 7) is 0. The summed E-state index contributed by atoms with van der Waals surface area (Å²) in [5, 5.41) is 8.82. The third-order valence-electron chi connectivity index (χ3n) is 2.62. The van der Waals surface area contributed by atoms with Crippen LogP contribution in [0.4, 0.5) is 13.2 Å². The minimum absolute atomic E-state index is 0.0914. The van der Waals surface area contributed by atoms with Crippen LogP contribution in [0.15, 0.2) is 30.3 Å². The Morgan fingerprint density at radius 2 is 1.91 bits per heavy atom. The number of hydrogen-bond acceptors (Lipinski definition) is 5. The third-order valence-corrected chi connectivity index (χ3v) is 3.16. The zero-order valence-corrected chi connectivity index (χ0v) is 11.7. The van der Waals surface area contributed by atoms with Gasteiger partial charge >= 0.3 is 6.18 Å². The maximum absolute atomic E-state index is 12.9. The van der Waals surface area contributed by atoms with E-state index in [1.165, 1.54) is 24.3 Å². The first-order chi connectivity index (χ1) is 10.3. The molecule has 0 fully saturated rings. The van der Waals surface area contributed by atoms with Gasteiger partial charge in [0, 0.05) is 5.56 Å². The van der Waals surface area contributed by atoms with E-state index in [-0.39, 0.29) is 16.8 Å². The van der Waals surface area contributed by atoms with Crippen molar-refractivity contribution in [3.05, 3.63) is 47.4 Å². The third kappa shape index (κ3) is 3.79. The first kappa shape index (κ1) is 15.9. The van der Waals surface area contributed by atoms with Crippen molar-refractivity contribution in [2.75, 3.05) is 0 Å². The van der Waals surface area contributed by atoms with Crippen LogP contribution in [0.2, 0.25) is 0 Å². The zero-order valence-electron chi connectivity index (χ0n) is 10.8. The van der Waals surface area contributed by atoms with Crippen molar-refractivity contribution in [3.8, 4) is 17.3 Å². The largest absolute Gasteiger partial charge is 0.433 e. The smallest absolute Gasteiger partial charge is 0.232 e. The van der Waals surface area contributed by atoms with E-state index >= 15 is 0 Å². The molecule has 0 N–H and O–H groups in total. The predicted octanol–water partition coefficient (Wildman–Crippen LogP) is 2.15. The van der Waals surface area contributed by atoms with Crippen LogP contribution in [0, 0.1) is 11.3 Å². The number of aromatic nitrogens is 2. The predicted molar refractivity (Wildman–Crippen MR) is 71.2 cm³/mol. The molecule has 5 nitrogen and oxygen atoms in total. The first-order valence-electron chi connectivity index (χ1n) is 5.87. The second-order valence-electron chi connectivity index (χ2n) is 4.24. The molecule has 1 aromatic carbocycles. The average molecular weight is 327 g/mol. The van der Waals surface area contributed by atoms with Gasteiger partial charge in [0.1, 0.15) is 28.0 Å². The van der Waals surface area contributed by atoms with Crippen LogP contribution < -0.4 is 0 Å². The molecule has 1 heterocycles. The summed E-state index contributed by atoms with van der Waals surface area (Å²) in [6.07, 6.45) is -4.73. The summed E-state index contributed by atoms with van der Waals surface area (Å²) in [6, 6.07) is 8.42. The highest BCUT2D eigenvalue weighted by atomic mass is 32.2. The molecule has 1 aromatic heterocycles. The molecule has 2 aromatic rings. The maximum atomic E-state index is 12.9. The van der Waals surface area contributed by atoms with E-state index in [4.69, 9.17) is 5.26 Å². The molecule has 0 atom stereocenters. The van der Waals surface area contributed by atoms with Gasteiger partial charge in [-0.3, -0.25) is 0 Å². The first-order valence-corrected chi connectivity index (χ1v) is 7.23. The molecular formula is C13H8F3N3O2S. The molecule has 0 aliphatic heterocycles. The number of thiol groups is 1. The van der Waals surface area contributed by atoms with E-state index in [2.05, 4.69) is 9.97 Å². The second-order valence-corrected chi connectivity index (χ2v) is 5.22. The van der Waals surface area contributed by atoms with Gasteiger partial charge in [-0.05, 0) is 18.2 Å². The fourth-order valence-corrected chi connectivity index (χ4v) is 2.10. The Hall–Kier alpha value is -2.47. The number of nitriles is 1. The van der Waals surface area contributed by atoms with Gasteiger partial charge in [-0.25, -0.2) is 18.4 Å². The van der Waals surface area contributed by atoms with Gasteiger partial charge in [-0.15, -0.1) is 0 Å². The van der Waals surface area contributed by atoms with Gasteiger partial charge in [0.25, 0.3) is 0 Å². The topological polar surface area (TPSA) is 83.7 Å². The van der Waals surface area contributed by atoms with Crippen molar-refractivity contribution in [1.82, 2.24) is 9.97 Å². The van der Waals surface area contributed by atoms with E-state index < -0.39 is 34.2 Å². The maximum Gasteiger partial charge on any atom is 0.433 e. The summed E-state index contributed by atoms with van der Waals surface area (Å²) in [5.41, 5.74) is -0.798. The Balaban J connectivity index is 2.61. The highest BCUT2D eigenvalue weighted by molar-refractivity contribution is 7.71. The van der Waals surface area contributed by atoms with Crippen LogP contribution in [-0.4, -0.2) is 18.4 Å². The standard InChI is InChI=1S/C13H8F3N3O2S/c14-13(15,16)11-5-10(18-12(19-11)7-22(20)21)9-3-1-2-8(4-9)6-17/h1-5,22H,7H2. The van der Waals surface area contributed by atoms with Crippen molar-refractivity contribution < 1.29 is 21.6 Å². The SMILES string of the molecule is N#Cc1cccc(-c2cc(C(F)(F)F)nc(C[SH](=O)=O)n2)c1. The van der Waals surface area contributed by atoms with Crippen LogP contribution >= 0.6 is 0 Å². The number of hydrogen-bond donors (Lipinski definition) is 1. The second kappa shape index (κ2) is 6.11. The molecule has 0 radical (unpaired) electrons. The number of alkyl halides is 3. The van der Waals surface area contributed by atoms with Crippen molar-refractivity contribution in [2.24, 2.45) is 0 Å². The Morgan fingerprint density at radius 1 is 1.18 bits per heavy atom. The normalized spacial score (nSPS) is 11.4. The molecule has 0 bridgehead atoms. The molecule has 0 spiro atoms. The minimum atomic E-state index is -4.73. The molecule has 0 saturated carbocycles. The lowest BCUT2D eigenvalue weighted by Gasteiger charge is -2.09. The average Bonchev–Trinajstić information content (AvgIpc) is 2.45. The van der Waals surface area contributed by atoms with Crippen LogP contribution in [0.3, 0.4) is 0 Å². The van der Waals surface area contributed by atoms with Crippen molar-refractivity contribution in [2.45, 2.75) is 11.9 Å². The van der Waals surface area contributed by atoms with E-state index in [1.807, 2.05) is 6.07 Å². The molecule has 0 aliphatic carbocycles. The van der Waals surface area contributed by atoms with E-state index in [1.54, 1.807) is 0 Å². The summed E-state index contributed by atoms with van der Waals surface area (Å²) in [5.74, 6) is -1.13. The minimum Gasteiger partial charge on any atom is -0.232 e. The lowest BCUT2D eigenvalue weighted by atomic mass is 10.1. The molecule has 9 heteroatoms. The van der Waals surface area contributed by atoms with Gasteiger partial charge < -0.3 is 0 Å². The monoisotopic (exact) mass is 327 g/mol. The van der Waals surface area contributed by atoms with Crippen molar-refractivity contribution in [3.63, 3.8) is 0 Å². The Bertz CT molecular complexity index is 818. The van der Waals surface area contributed by atoms with Crippen LogP contribution in [0.1, 0.15) is 17.1 Å². The molecular weight excluding hydrogens is 319 g/mol. The van der Waals surface area contributed by atoms with E-state index in [0.29, 0.717) is 0 Å². The Labute approximate surface area is 125 Å². The lowest BCUT2D eigenvalue weighted by Crippen LogP contribution is -2.12. The van der Waals surface area contributed by atoms with Gasteiger partial charge in [0.2, 0.25) is 0 Å². The summed E-state index contributed by atoms with van der Waals surface area (Å²) in [7, 11) is -2.96. The Morgan fingerprint density at radius 3 is 2.50 bits per heavy atom. The van der Waals surface area contributed by atoms with Gasteiger partial charge in [0.15, 0.2) is 0 Å². The molecule has 0 unspecified atom stereocenters. The van der Waals surface area contributed by atoms with Crippen molar-refractivity contribution in [1.29, 1.82) is 5.26 Å². The van der Waals surface area contributed by atoms with Gasteiger partial charge in [0.05, 0.1) is 17.3 Å². The Kier molecular flexibility index (Phi) is 4.42. The van der Waals surface area contributed by atoms with Crippen LogP contribution in [0.5, 0.6) is 0 Å². The van der Waals surface area contributed by atoms with Crippen molar-refractivity contribution >= 4 is 10.7 Å². The van der Waals surface area contributed by atoms with Gasteiger partial charge in [-0.2, -0.15) is 18.4 Å². The number of rotatable bonds is 3. The summed E-state index contributed by atoms with van der Waals surface area (Å²) in [4.78, 5) is 7.06. The zero-order chi connectivity index (χ0) is 16.3. The highest BCUT2D eigenvalue weighted by Crippen LogP contribution is 2.30. The summed E-state index contributed by atoms with van der Waals surface area (Å²) >= 11 is 0. The molecule has 0 saturated heterocycles. The number of nitrogens with zero attached hydrogens (tertiary/aromatic N) is 3. The highest BCUT2D eigenvalue weighted by Gasteiger charge is 2.33. The number of halogens is 3. The van der Waals surface area contributed by atoms with E-state index in [9.17, 15) is 21.6 Å². The fraction of sp³-hybridized carbons (Fsp3) is 0.154. The molecule has 2 rings (SSSR count). The quantitative estimate of drug-likeness (QED) is 0.873. The number of benzene rings is 1. The molecule has 0 aliphatic rings. The van der Waals surface area contributed by atoms with E-state index in [0.717, 1.165) is 6.07 Å². The lowest BCUT2D eigenvalue weighted by molar-refractivity contribution is -0.141. The molecule has 114 valence electrons. The van der Waals surface area contributed by atoms with Crippen LogP contribution in [0.25, 0.3) is 11.3 Å².